The Balaban J connectivity index is 1.95. The smallest absolute Gasteiger partial charge is 0.0812 e. The maximum Gasteiger partial charge on any atom is 0.0812 e. The molecule has 0 aliphatic carbocycles. The van der Waals surface area contributed by atoms with E-state index in [2.05, 4.69) is 15.9 Å². The minimum absolute atomic E-state index is 0.345. The van der Waals surface area contributed by atoms with E-state index in [9.17, 15) is 5.11 Å². The Bertz CT molecular complexity index is 294. The standard InChI is InChI=1S/C10H13BrO2S/c11-9-6-14-5-8(9)10(12)3-7-1-2-13-4-7/h5-7,10,12H,1-4H2. The summed E-state index contributed by atoms with van der Waals surface area (Å²) < 4.78 is 6.31. The van der Waals surface area contributed by atoms with Crippen LogP contribution in [0, 0.1) is 5.92 Å². The van der Waals surface area contributed by atoms with Gasteiger partial charge in [0.25, 0.3) is 0 Å². The highest BCUT2D eigenvalue weighted by atomic mass is 79.9. The molecule has 2 unspecified atom stereocenters. The van der Waals surface area contributed by atoms with Crippen LogP contribution in [0.3, 0.4) is 0 Å². The maximum absolute atomic E-state index is 9.97. The van der Waals surface area contributed by atoms with Crippen molar-refractivity contribution in [1.29, 1.82) is 0 Å². The van der Waals surface area contributed by atoms with Crippen molar-refractivity contribution in [2.75, 3.05) is 13.2 Å². The van der Waals surface area contributed by atoms with Crippen LogP contribution in [-0.2, 0) is 4.74 Å². The van der Waals surface area contributed by atoms with Gasteiger partial charge >= 0.3 is 0 Å². The first-order valence-corrected chi connectivity index (χ1v) is 6.48. The van der Waals surface area contributed by atoms with Crippen LogP contribution in [-0.4, -0.2) is 18.3 Å². The zero-order valence-corrected chi connectivity index (χ0v) is 10.2. The average Bonchev–Trinajstić information content (AvgIpc) is 2.75. The molecule has 2 heterocycles. The highest BCUT2D eigenvalue weighted by molar-refractivity contribution is 9.10. The van der Waals surface area contributed by atoms with Crippen LogP contribution in [0.1, 0.15) is 24.5 Å². The molecule has 14 heavy (non-hydrogen) atoms. The van der Waals surface area contributed by atoms with Gasteiger partial charge in [0.2, 0.25) is 0 Å². The van der Waals surface area contributed by atoms with Gasteiger partial charge in [-0.15, -0.1) is 0 Å². The van der Waals surface area contributed by atoms with Gasteiger partial charge in [0.1, 0.15) is 0 Å². The topological polar surface area (TPSA) is 29.5 Å². The van der Waals surface area contributed by atoms with E-state index in [0.29, 0.717) is 5.92 Å². The van der Waals surface area contributed by atoms with Gasteiger partial charge in [0.05, 0.1) is 6.10 Å². The Morgan fingerprint density at radius 1 is 1.64 bits per heavy atom. The number of thiophene rings is 1. The van der Waals surface area contributed by atoms with Crippen molar-refractivity contribution in [3.8, 4) is 0 Å². The Hall–Kier alpha value is 0.100. The van der Waals surface area contributed by atoms with E-state index in [1.54, 1.807) is 11.3 Å². The van der Waals surface area contributed by atoms with Gasteiger partial charge in [-0.25, -0.2) is 0 Å². The molecule has 1 aliphatic heterocycles. The van der Waals surface area contributed by atoms with Crippen LogP contribution in [0.4, 0.5) is 0 Å². The second kappa shape index (κ2) is 4.75. The molecule has 0 saturated carbocycles. The number of hydrogen-bond donors (Lipinski definition) is 1. The fraction of sp³-hybridized carbons (Fsp3) is 0.600. The van der Waals surface area contributed by atoms with E-state index in [0.717, 1.165) is 36.1 Å². The molecular weight excluding hydrogens is 264 g/mol. The van der Waals surface area contributed by atoms with Crippen LogP contribution in [0.15, 0.2) is 15.2 Å². The zero-order valence-electron chi connectivity index (χ0n) is 7.78. The molecule has 1 aliphatic rings. The fourth-order valence-corrected chi connectivity index (χ4v) is 3.35. The molecule has 0 aromatic carbocycles. The summed E-state index contributed by atoms with van der Waals surface area (Å²) in [6.45, 7) is 1.65. The van der Waals surface area contributed by atoms with Crippen LogP contribution < -0.4 is 0 Å². The second-order valence-electron chi connectivity index (χ2n) is 3.66. The Labute approximate surface area is 96.0 Å². The van der Waals surface area contributed by atoms with Crippen LogP contribution in [0.2, 0.25) is 0 Å². The highest BCUT2D eigenvalue weighted by Crippen LogP contribution is 2.32. The molecule has 1 saturated heterocycles. The molecule has 1 aromatic heterocycles. The van der Waals surface area contributed by atoms with Crippen LogP contribution in [0.5, 0.6) is 0 Å². The predicted molar refractivity (Wildman–Crippen MR) is 60.5 cm³/mol. The first-order chi connectivity index (χ1) is 6.77. The lowest BCUT2D eigenvalue weighted by atomic mass is 9.98. The van der Waals surface area contributed by atoms with Crippen LogP contribution >= 0.6 is 27.3 Å². The number of halogens is 1. The molecule has 0 spiro atoms. The van der Waals surface area contributed by atoms with E-state index >= 15 is 0 Å². The first-order valence-electron chi connectivity index (χ1n) is 4.74. The van der Waals surface area contributed by atoms with Crippen molar-refractivity contribution >= 4 is 27.3 Å². The lowest BCUT2D eigenvalue weighted by Gasteiger charge is -2.13. The van der Waals surface area contributed by atoms with E-state index in [-0.39, 0.29) is 6.10 Å². The van der Waals surface area contributed by atoms with Gasteiger partial charge in [0, 0.05) is 28.6 Å². The summed E-state index contributed by atoms with van der Waals surface area (Å²) in [6.07, 6.45) is 1.55. The third kappa shape index (κ3) is 2.37. The van der Waals surface area contributed by atoms with Gasteiger partial charge in [-0.1, -0.05) is 0 Å². The fourth-order valence-electron chi connectivity index (χ4n) is 1.74. The molecule has 2 nitrogen and oxygen atoms in total. The molecule has 1 fully saturated rings. The number of hydrogen-bond acceptors (Lipinski definition) is 3. The summed E-state index contributed by atoms with van der Waals surface area (Å²) in [6, 6.07) is 0. The van der Waals surface area contributed by atoms with E-state index in [1.807, 2.05) is 10.8 Å². The van der Waals surface area contributed by atoms with Crippen molar-refractivity contribution in [3.63, 3.8) is 0 Å². The molecular formula is C10H13BrO2S. The van der Waals surface area contributed by atoms with Crippen molar-refractivity contribution < 1.29 is 9.84 Å². The highest BCUT2D eigenvalue weighted by Gasteiger charge is 2.21. The molecule has 0 bridgehead atoms. The quantitative estimate of drug-likeness (QED) is 0.920. The van der Waals surface area contributed by atoms with Gasteiger partial charge in [0.15, 0.2) is 0 Å². The summed E-state index contributed by atoms with van der Waals surface area (Å²) >= 11 is 5.05. The number of rotatable bonds is 3. The summed E-state index contributed by atoms with van der Waals surface area (Å²) in [4.78, 5) is 0. The predicted octanol–water partition coefficient (Wildman–Crippen LogP) is 2.97. The summed E-state index contributed by atoms with van der Waals surface area (Å²) in [7, 11) is 0. The van der Waals surface area contributed by atoms with E-state index < -0.39 is 0 Å². The Morgan fingerprint density at radius 3 is 3.07 bits per heavy atom. The number of aliphatic hydroxyl groups excluding tert-OH is 1. The van der Waals surface area contributed by atoms with Crippen molar-refractivity contribution in [2.24, 2.45) is 5.92 Å². The molecule has 78 valence electrons. The molecule has 4 heteroatoms. The Kier molecular flexibility index (Phi) is 3.60. The third-order valence-electron chi connectivity index (χ3n) is 2.58. The van der Waals surface area contributed by atoms with Gasteiger partial charge in [-0.05, 0) is 40.1 Å². The maximum atomic E-state index is 9.97. The number of ether oxygens (including phenoxy) is 1. The van der Waals surface area contributed by atoms with Gasteiger partial charge in [-0.2, -0.15) is 11.3 Å². The lowest BCUT2D eigenvalue weighted by molar-refractivity contribution is 0.129. The van der Waals surface area contributed by atoms with Crippen LogP contribution in [0.25, 0.3) is 0 Å². The van der Waals surface area contributed by atoms with E-state index in [4.69, 9.17) is 4.74 Å². The second-order valence-corrected chi connectivity index (χ2v) is 5.25. The zero-order chi connectivity index (χ0) is 9.97. The molecule has 2 rings (SSSR count). The minimum atomic E-state index is -0.345. The monoisotopic (exact) mass is 276 g/mol. The third-order valence-corrected chi connectivity index (χ3v) is 4.33. The van der Waals surface area contributed by atoms with Crippen molar-refractivity contribution in [2.45, 2.75) is 18.9 Å². The minimum Gasteiger partial charge on any atom is -0.388 e. The van der Waals surface area contributed by atoms with Gasteiger partial charge < -0.3 is 9.84 Å². The van der Waals surface area contributed by atoms with Crippen molar-refractivity contribution in [1.82, 2.24) is 0 Å². The SMILES string of the molecule is OC(CC1CCOC1)c1cscc1Br. The molecule has 0 amide bonds. The summed E-state index contributed by atoms with van der Waals surface area (Å²) in [5.74, 6) is 0.525. The first kappa shape index (κ1) is 10.6. The summed E-state index contributed by atoms with van der Waals surface area (Å²) in [5.41, 5.74) is 1.02. The van der Waals surface area contributed by atoms with E-state index in [1.165, 1.54) is 0 Å². The largest absolute Gasteiger partial charge is 0.388 e. The van der Waals surface area contributed by atoms with Gasteiger partial charge in [-0.3, -0.25) is 0 Å². The Morgan fingerprint density at radius 2 is 2.50 bits per heavy atom. The molecule has 0 radical (unpaired) electrons. The molecule has 2 atom stereocenters. The lowest BCUT2D eigenvalue weighted by Crippen LogP contribution is -2.06. The normalized spacial score (nSPS) is 24.0. The molecule has 1 N–H and O–H groups in total. The average molecular weight is 277 g/mol. The van der Waals surface area contributed by atoms with Crippen molar-refractivity contribution in [3.05, 3.63) is 20.8 Å². The molecule has 1 aromatic rings. The summed E-state index contributed by atoms with van der Waals surface area (Å²) in [5, 5.41) is 14.0. The number of aliphatic hydroxyl groups is 1.